The summed E-state index contributed by atoms with van der Waals surface area (Å²) < 4.78 is 13.3. The van der Waals surface area contributed by atoms with Gasteiger partial charge >= 0.3 is 47.8 Å². The molecule has 8 N–H and O–H groups in total. The van der Waals surface area contributed by atoms with Crippen LogP contribution in [0, 0.1) is 35.5 Å². The number of carbonyl (C=O) groups excluding carboxylic acids is 13. The number of amides is 3. The number of ether oxygens (including phenoxy) is 3. The van der Waals surface area contributed by atoms with Gasteiger partial charge in [-0.25, -0.2) is 0 Å². The average Bonchev–Trinajstić information content (AvgIpc) is 3.61. The van der Waals surface area contributed by atoms with Crippen LogP contribution in [-0.4, -0.2) is 206 Å². The molecular formula is C54H81N3O28S3-2. The molecule has 88 heavy (non-hydrogen) atoms. The lowest BCUT2D eigenvalue weighted by atomic mass is 9.95. The summed E-state index contributed by atoms with van der Waals surface area (Å²) in [6.07, 6.45) is -1.42. The normalized spacial score (nSPS) is 13.5. The summed E-state index contributed by atoms with van der Waals surface area (Å²) in [5.41, 5.74) is 0. The number of thioether (sulfide) groups is 3. The van der Waals surface area contributed by atoms with E-state index >= 15 is 0 Å². The summed E-state index contributed by atoms with van der Waals surface area (Å²) in [5, 5.41) is 69.1. The van der Waals surface area contributed by atoms with Gasteiger partial charge < -0.3 is 75.5 Å². The Kier molecular flexibility index (Phi) is 47.9. The first kappa shape index (κ1) is 86.9. The Balaban J connectivity index is -0.000000598. The fourth-order valence-corrected chi connectivity index (χ4v) is 9.82. The predicted octanol–water partition coefficient (Wildman–Crippen LogP) is -0.986. The predicted molar refractivity (Wildman–Crippen MR) is 308 cm³/mol. The molecule has 0 spiro atoms. The molecular weight excluding hydrogens is 1230 g/mol. The number of methoxy groups -OCH3 is 3. The van der Waals surface area contributed by atoms with Crippen molar-refractivity contribution in [3.63, 3.8) is 0 Å². The van der Waals surface area contributed by atoms with Crippen molar-refractivity contribution in [1.29, 1.82) is 0 Å². The standard InChI is InChI=1S/2C18H27NO9S.C17H25NO10S.CH4/c2*1-10(11(2)20)4-5-13(21)6-12(17(25)19-8-15(22)23)9-29-14(18(26)27)7-16(24)28-3;1-9(16(24)25)3-4-11(19)5-10(15(23)18-7-13(20)21)8-29-12(17(26)27)6-14(22)28-2;/h2*10,12,14H,4-9H2,1-3H3,(H,19,25)(H,22,23)(H,26,27);9-10,12H,3-8H2,1-2H3,(H,18,23)(H,20,21)(H,24,25)(H,26,27);1H4/p-2/t2*10-,12-,14?;9-,10-,12?;/m000./s1. The Morgan fingerprint density at radius 2 is 0.682 bits per heavy atom. The summed E-state index contributed by atoms with van der Waals surface area (Å²) >= 11 is 2.28. The van der Waals surface area contributed by atoms with Crippen LogP contribution in [0.3, 0.4) is 0 Å². The molecule has 0 aliphatic carbocycles. The molecule has 0 aliphatic heterocycles. The molecule has 34 heteroatoms. The minimum atomic E-state index is -1.54. The minimum absolute atomic E-state index is 0. The number of carbonyl (C=O) groups is 18. The zero-order valence-electron chi connectivity index (χ0n) is 49.3. The maximum Gasteiger partial charge on any atom is 0.322 e. The highest BCUT2D eigenvalue weighted by molar-refractivity contribution is 8.01. The lowest BCUT2D eigenvalue weighted by molar-refractivity contribution is -0.305. The topological polar surface area (TPSA) is 518 Å². The van der Waals surface area contributed by atoms with Gasteiger partial charge in [-0.2, -0.15) is 11.8 Å². The Hall–Kier alpha value is -7.49. The zero-order valence-corrected chi connectivity index (χ0v) is 51.7. The molecule has 0 radical (unpaired) electrons. The number of ketones is 5. The van der Waals surface area contributed by atoms with Crippen LogP contribution in [0.2, 0.25) is 0 Å². The second-order valence-electron chi connectivity index (χ2n) is 19.3. The molecule has 3 unspecified atom stereocenters. The molecule has 0 aromatic heterocycles. The van der Waals surface area contributed by atoms with Crippen LogP contribution in [0.25, 0.3) is 0 Å². The number of carboxylic acid groups (broad SMARTS) is 7. The number of hydrogen-bond donors (Lipinski definition) is 8. The number of hydrogen-bond acceptors (Lipinski definition) is 26. The summed E-state index contributed by atoms with van der Waals surface area (Å²) in [7, 11) is 3.32. The van der Waals surface area contributed by atoms with Gasteiger partial charge in [0, 0.05) is 67.6 Å². The first-order valence-electron chi connectivity index (χ1n) is 26.4. The fraction of sp³-hybridized carbons (Fsp3) is 0.667. The zero-order chi connectivity index (χ0) is 67.7. The molecule has 0 aromatic carbocycles. The third-order valence-electron chi connectivity index (χ3n) is 12.2. The van der Waals surface area contributed by atoms with Gasteiger partial charge in [0.1, 0.15) is 52.5 Å². The third kappa shape index (κ3) is 44.0. The Morgan fingerprint density at radius 3 is 0.920 bits per heavy atom. The molecule has 500 valence electrons. The van der Waals surface area contributed by atoms with Crippen LogP contribution >= 0.6 is 35.3 Å². The third-order valence-corrected chi connectivity index (χ3v) is 16.3. The van der Waals surface area contributed by atoms with E-state index in [1.165, 1.54) is 20.8 Å². The lowest BCUT2D eigenvalue weighted by Gasteiger charge is -2.20. The van der Waals surface area contributed by atoms with Crippen molar-refractivity contribution in [1.82, 2.24) is 16.0 Å². The highest BCUT2D eigenvalue weighted by Crippen LogP contribution is 2.25. The number of rotatable bonds is 45. The van der Waals surface area contributed by atoms with Crippen molar-refractivity contribution in [2.45, 2.75) is 135 Å². The van der Waals surface area contributed by atoms with Gasteiger partial charge in [0.25, 0.3) is 0 Å². The number of nitrogens with one attached hydrogen (secondary N) is 3. The van der Waals surface area contributed by atoms with Gasteiger partial charge in [-0.1, -0.05) is 28.2 Å². The van der Waals surface area contributed by atoms with E-state index in [0.717, 1.165) is 56.6 Å². The average molecular weight is 1320 g/mol. The largest absolute Gasteiger partial charge is 0.549 e. The van der Waals surface area contributed by atoms with Crippen LogP contribution in [0.5, 0.6) is 0 Å². The quantitative estimate of drug-likeness (QED) is 0.0268. The van der Waals surface area contributed by atoms with E-state index in [9.17, 15) is 107 Å². The molecule has 0 fully saturated rings. The van der Waals surface area contributed by atoms with Crippen molar-refractivity contribution in [3.05, 3.63) is 0 Å². The van der Waals surface area contributed by atoms with Crippen molar-refractivity contribution in [3.8, 4) is 0 Å². The SMILES string of the molecule is C.COC(=O)CC(SC[C@H](CC(=O)CC[C@H](C)C(=O)O)C(=O)NCC(=O)[O-])C(=O)O.COC(=O)CC(SC[C@H](CC(=O)CC[C@H](C)C(C)=O)C(=O)NCC(=O)O)C(=O)O.COC(=O)CC(SC[C@H](CC(=O)CC[C@H](C)C(C)=O)C(=O)NCC(=O)O)C(=O)[O-]. The monoisotopic (exact) mass is 1320 g/mol. The lowest BCUT2D eigenvalue weighted by Crippen LogP contribution is -2.41. The Bertz CT molecular complexity index is 2160. The van der Waals surface area contributed by atoms with Crippen LogP contribution in [0.1, 0.15) is 119 Å². The maximum atomic E-state index is 12.3. The van der Waals surface area contributed by atoms with Crippen LogP contribution in [0.15, 0.2) is 0 Å². The number of Topliss-reactive ketones (excluding diaryl/α,β-unsaturated/α-hetero) is 5. The summed E-state index contributed by atoms with van der Waals surface area (Å²) in [4.78, 5) is 206. The maximum absolute atomic E-state index is 12.3. The number of aliphatic carboxylic acids is 7. The molecule has 3 amide bonds. The molecule has 0 saturated heterocycles. The molecule has 0 bridgehead atoms. The van der Waals surface area contributed by atoms with E-state index in [1.54, 1.807) is 13.8 Å². The Morgan fingerprint density at radius 1 is 0.409 bits per heavy atom. The van der Waals surface area contributed by atoms with Gasteiger partial charge in [0.2, 0.25) is 17.7 Å². The molecule has 0 saturated carbocycles. The number of esters is 3. The molecule has 0 aliphatic rings. The van der Waals surface area contributed by atoms with Crippen LogP contribution < -0.4 is 26.2 Å². The van der Waals surface area contributed by atoms with E-state index in [1.807, 2.05) is 0 Å². The second-order valence-corrected chi connectivity index (χ2v) is 23.0. The second kappa shape index (κ2) is 48.5. The summed E-state index contributed by atoms with van der Waals surface area (Å²) in [6.45, 7) is 5.55. The van der Waals surface area contributed by atoms with Gasteiger partial charge in [-0.15, -0.1) is 23.5 Å². The van der Waals surface area contributed by atoms with Crippen molar-refractivity contribution in [2.24, 2.45) is 35.5 Å². The smallest absolute Gasteiger partial charge is 0.322 e. The van der Waals surface area contributed by atoms with Gasteiger partial charge in [0.05, 0.1) is 88.0 Å². The van der Waals surface area contributed by atoms with Gasteiger partial charge in [-0.3, -0.25) is 76.7 Å². The van der Waals surface area contributed by atoms with Crippen molar-refractivity contribution < 1.29 is 136 Å². The molecule has 31 nitrogen and oxygen atoms in total. The van der Waals surface area contributed by atoms with Crippen LogP contribution in [0.4, 0.5) is 0 Å². The van der Waals surface area contributed by atoms with Gasteiger partial charge in [0.15, 0.2) is 0 Å². The Labute approximate surface area is 520 Å². The van der Waals surface area contributed by atoms with E-state index in [4.69, 9.17) is 15.3 Å². The summed E-state index contributed by atoms with van der Waals surface area (Å²) in [6, 6.07) is 0. The molecule has 0 aromatic rings. The molecule has 0 rings (SSSR count). The first-order chi connectivity index (χ1) is 40.4. The van der Waals surface area contributed by atoms with Crippen LogP contribution in [-0.2, 0) is 101 Å². The van der Waals surface area contributed by atoms with E-state index < -0.39 is 162 Å². The fourth-order valence-electron chi connectivity index (χ4n) is 6.44. The highest BCUT2D eigenvalue weighted by Gasteiger charge is 2.31. The summed E-state index contributed by atoms with van der Waals surface area (Å²) in [5.74, 6) is -19.7. The van der Waals surface area contributed by atoms with E-state index in [-0.39, 0.29) is 105 Å². The number of carboxylic acids is 7. The van der Waals surface area contributed by atoms with Gasteiger partial charge in [-0.05, 0) is 33.1 Å². The van der Waals surface area contributed by atoms with Crippen molar-refractivity contribution >= 4 is 142 Å². The first-order valence-corrected chi connectivity index (χ1v) is 29.5. The molecule has 9 atom stereocenters. The van der Waals surface area contributed by atoms with E-state index in [0.29, 0.717) is 12.8 Å². The van der Waals surface area contributed by atoms with Crippen molar-refractivity contribution in [2.75, 3.05) is 58.2 Å². The molecule has 0 heterocycles. The van der Waals surface area contributed by atoms with E-state index in [2.05, 4.69) is 30.2 Å². The highest BCUT2D eigenvalue weighted by atomic mass is 32.2. The minimum Gasteiger partial charge on any atom is -0.549 e.